The predicted octanol–water partition coefficient (Wildman–Crippen LogP) is 1.47. The average molecular weight is 226 g/mol. The molecule has 0 aromatic rings. The summed E-state index contributed by atoms with van der Waals surface area (Å²) >= 11 is 0. The number of hydrogen-bond acceptors (Lipinski definition) is 3. The fourth-order valence-corrected chi connectivity index (χ4v) is 3.09. The Kier molecular flexibility index (Phi) is 4.62. The topological polar surface area (TPSA) is 38.5 Å². The van der Waals surface area contributed by atoms with Crippen LogP contribution in [0.25, 0.3) is 0 Å². The molecule has 1 aliphatic carbocycles. The van der Waals surface area contributed by atoms with Gasteiger partial charge in [-0.15, -0.1) is 0 Å². The molecule has 2 unspecified atom stereocenters. The highest BCUT2D eigenvalue weighted by Gasteiger charge is 2.26. The zero-order valence-corrected chi connectivity index (χ0v) is 10.5. The summed E-state index contributed by atoms with van der Waals surface area (Å²) in [5.74, 6) is 1.48. The Morgan fingerprint density at radius 2 is 1.88 bits per heavy atom. The van der Waals surface area contributed by atoms with E-state index in [0.29, 0.717) is 5.92 Å². The highest BCUT2D eigenvalue weighted by atomic mass is 16.5. The van der Waals surface area contributed by atoms with Gasteiger partial charge in [0.1, 0.15) is 0 Å². The molecule has 94 valence electrons. The maximum Gasteiger partial charge on any atom is 0.0621 e. The zero-order chi connectivity index (χ0) is 11.4. The van der Waals surface area contributed by atoms with E-state index >= 15 is 0 Å². The van der Waals surface area contributed by atoms with Gasteiger partial charge in [0.25, 0.3) is 0 Å². The monoisotopic (exact) mass is 226 g/mol. The van der Waals surface area contributed by atoms with Crippen molar-refractivity contribution in [3.05, 3.63) is 0 Å². The normalized spacial score (nSPS) is 32.4. The average Bonchev–Trinajstić information content (AvgIpc) is 2.66. The molecule has 1 aliphatic heterocycles. The Morgan fingerprint density at radius 1 is 1.12 bits per heavy atom. The molecule has 0 bridgehead atoms. The van der Waals surface area contributed by atoms with E-state index in [1.165, 1.54) is 38.6 Å². The van der Waals surface area contributed by atoms with Gasteiger partial charge in [0.15, 0.2) is 0 Å². The quantitative estimate of drug-likeness (QED) is 0.789. The fraction of sp³-hybridized carbons (Fsp3) is 1.00. The molecule has 3 heteroatoms. The van der Waals surface area contributed by atoms with Crippen LogP contribution in [-0.2, 0) is 4.74 Å². The maximum atomic E-state index is 6.01. The summed E-state index contributed by atoms with van der Waals surface area (Å²) in [4.78, 5) is 2.47. The molecule has 1 heterocycles. The Hall–Kier alpha value is -0.120. The van der Waals surface area contributed by atoms with Crippen molar-refractivity contribution >= 4 is 0 Å². The fourth-order valence-electron chi connectivity index (χ4n) is 3.09. The molecule has 0 amide bonds. The molecule has 0 radical (unpaired) electrons. The van der Waals surface area contributed by atoms with Crippen molar-refractivity contribution in [3.63, 3.8) is 0 Å². The Labute approximate surface area is 99.3 Å². The first kappa shape index (κ1) is 12.3. The summed E-state index contributed by atoms with van der Waals surface area (Å²) in [7, 11) is 2.24. The SMILES string of the molecule is CN(CC1CCCCC1)CC1COCC1N. The lowest BCUT2D eigenvalue weighted by Crippen LogP contribution is -2.38. The van der Waals surface area contributed by atoms with Crippen molar-refractivity contribution in [3.8, 4) is 0 Å². The van der Waals surface area contributed by atoms with Crippen LogP contribution in [0, 0.1) is 11.8 Å². The van der Waals surface area contributed by atoms with Gasteiger partial charge >= 0.3 is 0 Å². The number of hydrogen-bond donors (Lipinski definition) is 1. The number of ether oxygens (including phenoxy) is 1. The molecule has 2 fully saturated rings. The van der Waals surface area contributed by atoms with Crippen LogP contribution in [0.4, 0.5) is 0 Å². The van der Waals surface area contributed by atoms with Gasteiger partial charge in [-0.2, -0.15) is 0 Å². The first-order valence-electron chi connectivity index (χ1n) is 6.77. The smallest absolute Gasteiger partial charge is 0.0621 e. The first-order valence-corrected chi connectivity index (χ1v) is 6.77. The van der Waals surface area contributed by atoms with Crippen LogP contribution >= 0.6 is 0 Å². The molecule has 2 rings (SSSR count). The second kappa shape index (κ2) is 5.99. The van der Waals surface area contributed by atoms with Gasteiger partial charge in [0.05, 0.1) is 13.2 Å². The van der Waals surface area contributed by atoms with Crippen molar-refractivity contribution in [2.24, 2.45) is 17.6 Å². The third-order valence-corrected chi connectivity index (χ3v) is 4.09. The molecule has 16 heavy (non-hydrogen) atoms. The van der Waals surface area contributed by atoms with Crippen molar-refractivity contribution in [2.75, 3.05) is 33.4 Å². The van der Waals surface area contributed by atoms with E-state index in [9.17, 15) is 0 Å². The van der Waals surface area contributed by atoms with Gasteiger partial charge in [-0.25, -0.2) is 0 Å². The summed E-state index contributed by atoms with van der Waals surface area (Å²) in [5.41, 5.74) is 6.01. The van der Waals surface area contributed by atoms with Gasteiger partial charge in [-0.05, 0) is 25.8 Å². The van der Waals surface area contributed by atoms with E-state index in [-0.39, 0.29) is 6.04 Å². The molecule has 2 atom stereocenters. The van der Waals surface area contributed by atoms with Crippen LogP contribution in [0.15, 0.2) is 0 Å². The van der Waals surface area contributed by atoms with Crippen molar-refractivity contribution in [1.29, 1.82) is 0 Å². The third-order valence-electron chi connectivity index (χ3n) is 4.09. The van der Waals surface area contributed by atoms with E-state index in [4.69, 9.17) is 10.5 Å². The largest absolute Gasteiger partial charge is 0.379 e. The molecule has 1 saturated heterocycles. The Bertz CT molecular complexity index is 204. The van der Waals surface area contributed by atoms with Crippen LogP contribution < -0.4 is 5.73 Å². The molecule has 0 aromatic heterocycles. The van der Waals surface area contributed by atoms with Crippen LogP contribution in [-0.4, -0.2) is 44.3 Å². The zero-order valence-electron chi connectivity index (χ0n) is 10.5. The van der Waals surface area contributed by atoms with Gasteiger partial charge in [-0.1, -0.05) is 19.3 Å². The first-order chi connectivity index (χ1) is 7.75. The summed E-state index contributed by atoms with van der Waals surface area (Å²) in [5, 5.41) is 0. The van der Waals surface area contributed by atoms with E-state index in [2.05, 4.69) is 11.9 Å². The number of rotatable bonds is 4. The minimum Gasteiger partial charge on any atom is -0.379 e. The van der Waals surface area contributed by atoms with E-state index < -0.39 is 0 Å². The Morgan fingerprint density at radius 3 is 2.50 bits per heavy atom. The van der Waals surface area contributed by atoms with Crippen molar-refractivity contribution in [1.82, 2.24) is 4.90 Å². The van der Waals surface area contributed by atoms with Crippen LogP contribution in [0.5, 0.6) is 0 Å². The summed E-state index contributed by atoms with van der Waals surface area (Å²) in [6, 6.07) is 0.258. The maximum absolute atomic E-state index is 6.01. The molecule has 1 saturated carbocycles. The minimum atomic E-state index is 0.258. The lowest BCUT2D eigenvalue weighted by atomic mass is 9.89. The third kappa shape index (κ3) is 3.44. The Balaban J connectivity index is 1.68. The van der Waals surface area contributed by atoms with Crippen LogP contribution in [0.1, 0.15) is 32.1 Å². The van der Waals surface area contributed by atoms with Crippen LogP contribution in [0.2, 0.25) is 0 Å². The predicted molar refractivity (Wildman–Crippen MR) is 66.4 cm³/mol. The van der Waals surface area contributed by atoms with Gasteiger partial charge in [0.2, 0.25) is 0 Å². The van der Waals surface area contributed by atoms with Crippen molar-refractivity contribution < 1.29 is 4.74 Å². The van der Waals surface area contributed by atoms with Gasteiger partial charge < -0.3 is 15.4 Å². The summed E-state index contributed by atoms with van der Waals surface area (Å²) < 4.78 is 5.41. The highest BCUT2D eigenvalue weighted by Crippen LogP contribution is 2.24. The summed E-state index contributed by atoms with van der Waals surface area (Å²) in [6.45, 7) is 3.97. The lowest BCUT2D eigenvalue weighted by molar-refractivity contribution is 0.164. The van der Waals surface area contributed by atoms with Gasteiger partial charge in [0, 0.05) is 25.0 Å². The second-order valence-electron chi connectivity index (χ2n) is 5.69. The molecule has 0 spiro atoms. The number of nitrogens with two attached hydrogens (primary N) is 1. The summed E-state index contributed by atoms with van der Waals surface area (Å²) in [6.07, 6.45) is 7.17. The molecular weight excluding hydrogens is 200 g/mol. The lowest BCUT2D eigenvalue weighted by Gasteiger charge is -2.29. The second-order valence-corrected chi connectivity index (χ2v) is 5.69. The molecule has 0 aromatic carbocycles. The number of nitrogens with zero attached hydrogens (tertiary/aromatic N) is 1. The molecular formula is C13H26N2O. The molecule has 2 aliphatic rings. The van der Waals surface area contributed by atoms with E-state index in [1.807, 2.05) is 0 Å². The molecule has 3 nitrogen and oxygen atoms in total. The molecule has 2 N–H and O–H groups in total. The van der Waals surface area contributed by atoms with Crippen LogP contribution in [0.3, 0.4) is 0 Å². The van der Waals surface area contributed by atoms with Crippen molar-refractivity contribution in [2.45, 2.75) is 38.1 Å². The standard InChI is InChI=1S/C13H26N2O/c1-15(7-11-5-3-2-4-6-11)8-12-9-16-10-13(12)14/h11-13H,2-10,14H2,1H3. The van der Waals surface area contributed by atoms with E-state index in [0.717, 1.165) is 25.7 Å². The van der Waals surface area contributed by atoms with Gasteiger partial charge in [-0.3, -0.25) is 0 Å². The van der Waals surface area contributed by atoms with E-state index in [1.54, 1.807) is 0 Å². The highest BCUT2D eigenvalue weighted by molar-refractivity contribution is 4.81. The minimum absolute atomic E-state index is 0.258.